The summed E-state index contributed by atoms with van der Waals surface area (Å²) in [6.07, 6.45) is 0. The molecular formula is C13H7ClF4N2O4S. The highest BCUT2D eigenvalue weighted by molar-refractivity contribution is 7.92. The molecule has 0 atom stereocenters. The number of alkyl halides is 3. The molecule has 25 heavy (non-hydrogen) atoms. The Labute approximate surface area is 143 Å². The summed E-state index contributed by atoms with van der Waals surface area (Å²) in [6.45, 7) is 0. The summed E-state index contributed by atoms with van der Waals surface area (Å²) in [5.74, 6) is -0.756. The lowest BCUT2D eigenvalue weighted by Gasteiger charge is -2.11. The average Bonchev–Trinajstić information content (AvgIpc) is 2.44. The quantitative estimate of drug-likeness (QED) is 0.467. The number of sulfone groups is 1. The van der Waals surface area contributed by atoms with Gasteiger partial charge in [0.05, 0.1) is 9.82 Å². The van der Waals surface area contributed by atoms with E-state index in [1.807, 2.05) is 0 Å². The van der Waals surface area contributed by atoms with Gasteiger partial charge in [-0.2, -0.15) is 13.2 Å². The number of hydrogen-bond donors (Lipinski definition) is 1. The zero-order valence-electron chi connectivity index (χ0n) is 11.8. The van der Waals surface area contributed by atoms with Crippen LogP contribution in [0.15, 0.2) is 41.3 Å². The Kier molecular flexibility index (Phi) is 4.91. The summed E-state index contributed by atoms with van der Waals surface area (Å²) in [5, 5.41) is 13.4. The Balaban J connectivity index is 2.52. The highest BCUT2D eigenvalue weighted by Gasteiger charge is 2.47. The molecule has 0 amide bonds. The van der Waals surface area contributed by atoms with E-state index in [0.29, 0.717) is 6.07 Å². The SMILES string of the molecule is O=[N+]([O-])c1cc(S(=O)(=O)C(F)(F)F)ccc1Nc1cc(F)cc(Cl)c1. The maximum absolute atomic E-state index is 13.3. The van der Waals surface area contributed by atoms with Crippen molar-refractivity contribution in [2.45, 2.75) is 10.4 Å². The lowest BCUT2D eigenvalue weighted by molar-refractivity contribution is -0.384. The van der Waals surface area contributed by atoms with Gasteiger partial charge in [-0.25, -0.2) is 12.8 Å². The topological polar surface area (TPSA) is 89.3 Å². The fraction of sp³-hybridized carbons (Fsp3) is 0.0769. The molecule has 0 unspecified atom stereocenters. The van der Waals surface area contributed by atoms with Gasteiger partial charge in [0.25, 0.3) is 15.5 Å². The number of nitrogens with zero attached hydrogens (tertiary/aromatic N) is 1. The second-order valence-corrected chi connectivity index (χ2v) is 7.05. The number of anilines is 2. The van der Waals surface area contributed by atoms with Gasteiger partial charge in [-0.15, -0.1) is 0 Å². The third-order valence-electron chi connectivity index (χ3n) is 2.92. The first-order chi connectivity index (χ1) is 11.4. The normalized spacial score (nSPS) is 12.0. The van der Waals surface area contributed by atoms with Crippen LogP contribution in [0.2, 0.25) is 5.02 Å². The van der Waals surface area contributed by atoms with Crippen LogP contribution in [0.3, 0.4) is 0 Å². The molecule has 2 rings (SSSR count). The smallest absolute Gasteiger partial charge is 0.350 e. The molecule has 0 bridgehead atoms. The van der Waals surface area contributed by atoms with Gasteiger partial charge in [0, 0.05) is 16.8 Å². The van der Waals surface area contributed by atoms with Gasteiger partial charge in [-0.05, 0) is 30.3 Å². The van der Waals surface area contributed by atoms with E-state index in [1.165, 1.54) is 6.07 Å². The van der Waals surface area contributed by atoms with Crippen molar-refractivity contribution in [2.75, 3.05) is 5.32 Å². The molecule has 1 N–H and O–H groups in total. The van der Waals surface area contributed by atoms with Crippen molar-refractivity contribution >= 4 is 38.5 Å². The fourth-order valence-electron chi connectivity index (χ4n) is 1.85. The van der Waals surface area contributed by atoms with Crippen LogP contribution in [0.25, 0.3) is 0 Å². The molecule has 0 fully saturated rings. The minimum atomic E-state index is -5.75. The van der Waals surface area contributed by atoms with Crippen LogP contribution in [-0.2, 0) is 9.84 Å². The first kappa shape index (κ1) is 18.9. The van der Waals surface area contributed by atoms with E-state index in [1.54, 1.807) is 0 Å². The highest BCUT2D eigenvalue weighted by Crippen LogP contribution is 2.36. The third-order valence-corrected chi connectivity index (χ3v) is 4.62. The lowest BCUT2D eigenvalue weighted by Crippen LogP contribution is -2.23. The first-order valence-corrected chi connectivity index (χ1v) is 8.11. The van der Waals surface area contributed by atoms with Crippen LogP contribution in [0.4, 0.5) is 34.6 Å². The highest BCUT2D eigenvalue weighted by atomic mass is 35.5. The van der Waals surface area contributed by atoms with E-state index in [0.717, 1.165) is 18.2 Å². The number of hydrogen-bond acceptors (Lipinski definition) is 5. The van der Waals surface area contributed by atoms with Gasteiger partial charge < -0.3 is 5.32 Å². The van der Waals surface area contributed by atoms with Gasteiger partial charge in [0.2, 0.25) is 0 Å². The standard InChI is InChI=1S/C13H7ClF4N2O4S/c14-7-3-8(15)5-9(4-7)19-11-2-1-10(6-12(11)20(21)22)25(23,24)13(16,17)18/h1-6,19H. The van der Waals surface area contributed by atoms with Gasteiger partial charge in [-0.1, -0.05) is 11.6 Å². The van der Waals surface area contributed by atoms with Crippen molar-refractivity contribution in [3.8, 4) is 0 Å². The largest absolute Gasteiger partial charge is 0.501 e. The molecular weight excluding hydrogens is 392 g/mol. The van der Waals surface area contributed by atoms with E-state index >= 15 is 0 Å². The number of nitro benzene ring substituents is 1. The van der Waals surface area contributed by atoms with E-state index in [-0.39, 0.29) is 22.5 Å². The zero-order valence-corrected chi connectivity index (χ0v) is 13.4. The zero-order chi connectivity index (χ0) is 19.0. The van der Waals surface area contributed by atoms with Gasteiger partial charge in [0.15, 0.2) is 0 Å². The molecule has 0 heterocycles. The van der Waals surface area contributed by atoms with Crippen LogP contribution < -0.4 is 5.32 Å². The Morgan fingerprint density at radius 3 is 2.28 bits per heavy atom. The van der Waals surface area contributed by atoms with Gasteiger partial charge in [0.1, 0.15) is 11.5 Å². The van der Waals surface area contributed by atoms with Crippen LogP contribution >= 0.6 is 11.6 Å². The maximum Gasteiger partial charge on any atom is 0.501 e. The van der Waals surface area contributed by atoms with E-state index in [4.69, 9.17) is 11.6 Å². The Hall–Kier alpha value is -2.40. The van der Waals surface area contributed by atoms with Crippen molar-refractivity contribution in [2.24, 2.45) is 0 Å². The molecule has 0 aromatic heterocycles. The molecule has 2 aromatic rings. The van der Waals surface area contributed by atoms with E-state index < -0.39 is 36.7 Å². The molecule has 0 radical (unpaired) electrons. The number of nitro groups is 1. The van der Waals surface area contributed by atoms with Gasteiger partial charge >= 0.3 is 5.51 Å². The molecule has 0 aliphatic rings. The Morgan fingerprint density at radius 1 is 1.12 bits per heavy atom. The minimum absolute atomic E-state index is 0.0143. The van der Waals surface area contributed by atoms with E-state index in [9.17, 15) is 36.1 Å². The summed E-state index contributed by atoms with van der Waals surface area (Å²) < 4.78 is 73.7. The monoisotopic (exact) mass is 398 g/mol. The summed E-state index contributed by atoms with van der Waals surface area (Å²) in [4.78, 5) is 8.71. The number of nitrogens with one attached hydrogen (secondary N) is 1. The fourth-order valence-corrected chi connectivity index (χ4v) is 2.85. The van der Waals surface area contributed by atoms with Crippen molar-refractivity contribution in [3.63, 3.8) is 0 Å². The molecule has 2 aromatic carbocycles. The van der Waals surface area contributed by atoms with Crippen molar-refractivity contribution in [3.05, 3.63) is 57.4 Å². The number of benzene rings is 2. The Morgan fingerprint density at radius 2 is 1.76 bits per heavy atom. The molecule has 134 valence electrons. The minimum Gasteiger partial charge on any atom is -0.350 e. The molecule has 0 spiro atoms. The van der Waals surface area contributed by atoms with Crippen LogP contribution in [0, 0.1) is 15.9 Å². The molecule has 0 aliphatic heterocycles. The third kappa shape index (κ3) is 3.99. The summed E-state index contributed by atoms with van der Waals surface area (Å²) in [5.41, 5.74) is -6.90. The molecule has 0 saturated carbocycles. The second kappa shape index (κ2) is 6.48. The molecule has 12 heteroatoms. The molecule has 6 nitrogen and oxygen atoms in total. The Bertz CT molecular complexity index is 927. The molecule has 0 saturated heterocycles. The van der Waals surface area contributed by atoms with Crippen molar-refractivity contribution < 1.29 is 30.9 Å². The van der Waals surface area contributed by atoms with Crippen molar-refractivity contribution in [1.82, 2.24) is 0 Å². The van der Waals surface area contributed by atoms with Crippen LogP contribution in [0.5, 0.6) is 0 Å². The van der Waals surface area contributed by atoms with Crippen LogP contribution in [-0.4, -0.2) is 18.8 Å². The lowest BCUT2D eigenvalue weighted by atomic mass is 10.2. The summed E-state index contributed by atoms with van der Waals surface area (Å²) in [6, 6.07) is 4.73. The average molecular weight is 399 g/mol. The first-order valence-electron chi connectivity index (χ1n) is 6.25. The predicted octanol–water partition coefficient (Wildman–Crippen LogP) is 4.42. The van der Waals surface area contributed by atoms with Crippen molar-refractivity contribution in [1.29, 1.82) is 0 Å². The number of rotatable bonds is 4. The molecule has 0 aliphatic carbocycles. The van der Waals surface area contributed by atoms with Crippen LogP contribution in [0.1, 0.15) is 0 Å². The number of halogens is 5. The van der Waals surface area contributed by atoms with Gasteiger partial charge in [-0.3, -0.25) is 10.1 Å². The summed E-state index contributed by atoms with van der Waals surface area (Å²) in [7, 11) is -5.75. The second-order valence-electron chi connectivity index (χ2n) is 4.67. The van der Waals surface area contributed by atoms with E-state index in [2.05, 4.69) is 5.32 Å². The predicted molar refractivity (Wildman–Crippen MR) is 81.0 cm³/mol. The summed E-state index contributed by atoms with van der Waals surface area (Å²) >= 11 is 5.64. The maximum atomic E-state index is 13.3.